The Balaban J connectivity index is 2.17. The highest BCUT2D eigenvalue weighted by Crippen LogP contribution is 2.17. The van der Waals surface area contributed by atoms with E-state index in [9.17, 15) is 5.02 Å². The smallest absolute Gasteiger partial charge is 0.532 e. The molecule has 2 nitrogen and oxygen atoms in total. The van der Waals surface area contributed by atoms with Gasteiger partial charge in [-0.25, -0.2) is 0 Å². The molecule has 0 radical (unpaired) electrons. The van der Waals surface area contributed by atoms with Crippen LogP contribution in [0.1, 0.15) is 22.3 Å². The van der Waals surface area contributed by atoms with Crippen LogP contribution in [0.2, 0.25) is 0 Å². The lowest BCUT2D eigenvalue weighted by atomic mass is 9.78. The first-order chi connectivity index (χ1) is 8.97. The van der Waals surface area contributed by atoms with Crippen LogP contribution < -0.4 is 10.1 Å². The first kappa shape index (κ1) is 13.7. The summed E-state index contributed by atoms with van der Waals surface area (Å²) in [5.41, 5.74) is 5.52. The SMILES string of the molecule is Cc1ccc(OB(O)c2ccc(C)c(C)c2)cc1C. The summed E-state index contributed by atoms with van der Waals surface area (Å²) in [5.74, 6) is 0.689. The van der Waals surface area contributed by atoms with Crippen molar-refractivity contribution in [2.75, 3.05) is 0 Å². The number of hydrogen-bond donors (Lipinski definition) is 1. The van der Waals surface area contributed by atoms with E-state index in [0.717, 1.165) is 16.6 Å². The summed E-state index contributed by atoms with van der Waals surface area (Å²) in [6.45, 7) is 8.17. The maximum atomic E-state index is 10.1. The highest BCUT2D eigenvalue weighted by Gasteiger charge is 2.19. The van der Waals surface area contributed by atoms with Crippen molar-refractivity contribution in [2.24, 2.45) is 0 Å². The van der Waals surface area contributed by atoms with Crippen LogP contribution in [-0.2, 0) is 0 Å². The van der Waals surface area contributed by atoms with Crippen LogP contribution in [0, 0.1) is 27.7 Å². The maximum absolute atomic E-state index is 10.1. The fraction of sp³-hybridized carbons (Fsp3) is 0.250. The number of hydrogen-bond acceptors (Lipinski definition) is 2. The van der Waals surface area contributed by atoms with Crippen molar-refractivity contribution in [3.8, 4) is 5.75 Å². The van der Waals surface area contributed by atoms with Gasteiger partial charge in [-0.2, -0.15) is 0 Å². The second kappa shape index (κ2) is 5.49. The fourth-order valence-corrected chi connectivity index (χ4v) is 1.90. The van der Waals surface area contributed by atoms with Crippen molar-refractivity contribution < 1.29 is 9.68 Å². The van der Waals surface area contributed by atoms with Gasteiger partial charge in [0.1, 0.15) is 5.75 Å². The Kier molecular flexibility index (Phi) is 3.96. The molecule has 2 aromatic rings. The van der Waals surface area contributed by atoms with Crippen molar-refractivity contribution in [3.63, 3.8) is 0 Å². The molecule has 3 heteroatoms. The van der Waals surface area contributed by atoms with Gasteiger partial charge in [0, 0.05) is 0 Å². The van der Waals surface area contributed by atoms with Crippen molar-refractivity contribution in [3.05, 3.63) is 58.7 Å². The summed E-state index contributed by atoms with van der Waals surface area (Å²) in [6, 6.07) is 11.7. The van der Waals surface area contributed by atoms with Crippen molar-refractivity contribution in [2.45, 2.75) is 27.7 Å². The van der Waals surface area contributed by atoms with Crippen molar-refractivity contribution >= 4 is 12.6 Å². The van der Waals surface area contributed by atoms with Crippen LogP contribution >= 0.6 is 0 Å². The Morgan fingerprint density at radius 3 is 1.95 bits per heavy atom. The predicted molar refractivity (Wildman–Crippen MR) is 80.1 cm³/mol. The third-order valence-corrected chi connectivity index (χ3v) is 3.54. The second-order valence-electron chi connectivity index (χ2n) is 5.06. The Hall–Kier alpha value is -1.74. The number of aryl methyl sites for hydroxylation is 4. The van der Waals surface area contributed by atoms with E-state index in [4.69, 9.17) is 4.65 Å². The third kappa shape index (κ3) is 3.18. The van der Waals surface area contributed by atoms with Gasteiger partial charge in [0.25, 0.3) is 0 Å². The summed E-state index contributed by atoms with van der Waals surface area (Å²) in [7, 11) is -0.929. The molecule has 0 saturated heterocycles. The molecule has 0 aliphatic heterocycles. The van der Waals surface area contributed by atoms with E-state index < -0.39 is 7.12 Å². The molecular formula is C16H19BO2. The predicted octanol–water partition coefficient (Wildman–Crippen LogP) is 2.69. The van der Waals surface area contributed by atoms with Crippen LogP contribution in [0.5, 0.6) is 5.75 Å². The van der Waals surface area contributed by atoms with Gasteiger partial charge in [-0.3, -0.25) is 0 Å². The van der Waals surface area contributed by atoms with Gasteiger partial charge in [-0.1, -0.05) is 24.3 Å². The molecule has 2 rings (SSSR count). The quantitative estimate of drug-likeness (QED) is 0.853. The summed E-state index contributed by atoms with van der Waals surface area (Å²) < 4.78 is 5.59. The lowest BCUT2D eigenvalue weighted by Crippen LogP contribution is -2.36. The molecule has 0 bridgehead atoms. The molecule has 0 aliphatic carbocycles. The summed E-state index contributed by atoms with van der Waals surface area (Å²) in [6.07, 6.45) is 0. The van der Waals surface area contributed by atoms with Crippen molar-refractivity contribution in [1.29, 1.82) is 0 Å². The molecule has 0 unspecified atom stereocenters. The number of rotatable bonds is 3. The molecule has 0 aromatic heterocycles. The second-order valence-corrected chi connectivity index (χ2v) is 5.06. The van der Waals surface area contributed by atoms with Crippen molar-refractivity contribution in [1.82, 2.24) is 0 Å². The van der Waals surface area contributed by atoms with Gasteiger partial charge >= 0.3 is 7.12 Å². The van der Waals surface area contributed by atoms with E-state index in [0.29, 0.717) is 5.75 Å². The van der Waals surface area contributed by atoms with Crippen LogP contribution in [0.3, 0.4) is 0 Å². The zero-order valence-electron chi connectivity index (χ0n) is 11.9. The molecule has 0 atom stereocenters. The zero-order chi connectivity index (χ0) is 14.0. The minimum absolute atomic E-state index is 0.689. The highest BCUT2D eigenvalue weighted by molar-refractivity contribution is 6.60. The van der Waals surface area contributed by atoms with E-state index in [2.05, 4.69) is 13.8 Å². The monoisotopic (exact) mass is 254 g/mol. The van der Waals surface area contributed by atoms with Crippen LogP contribution in [0.15, 0.2) is 36.4 Å². The van der Waals surface area contributed by atoms with Gasteiger partial charge in [-0.05, 0) is 67.5 Å². The van der Waals surface area contributed by atoms with Crippen LogP contribution in [0.25, 0.3) is 0 Å². The fourth-order valence-electron chi connectivity index (χ4n) is 1.90. The molecule has 98 valence electrons. The Bertz CT molecular complexity index is 593. The lowest BCUT2D eigenvalue weighted by Gasteiger charge is -2.12. The van der Waals surface area contributed by atoms with Crippen LogP contribution in [0.4, 0.5) is 0 Å². The van der Waals surface area contributed by atoms with Crippen LogP contribution in [-0.4, -0.2) is 12.1 Å². The van der Waals surface area contributed by atoms with E-state index >= 15 is 0 Å². The normalized spacial score (nSPS) is 10.4. The van der Waals surface area contributed by atoms with E-state index in [1.54, 1.807) is 0 Å². The third-order valence-electron chi connectivity index (χ3n) is 3.54. The average Bonchev–Trinajstić information content (AvgIpc) is 2.37. The van der Waals surface area contributed by atoms with Gasteiger partial charge < -0.3 is 9.68 Å². The Labute approximate surface area is 115 Å². The summed E-state index contributed by atoms with van der Waals surface area (Å²) in [4.78, 5) is 0. The minimum atomic E-state index is -0.929. The molecular weight excluding hydrogens is 235 g/mol. The molecule has 1 N–H and O–H groups in total. The Morgan fingerprint density at radius 1 is 0.789 bits per heavy atom. The summed E-state index contributed by atoms with van der Waals surface area (Å²) in [5, 5.41) is 10.1. The lowest BCUT2D eigenvalue weighted by molar-refractivity contribution is 0.432. The molecule has 0 fully saturated rings. The molecule has 0 saturated carbocycles. The highest BCUT2D eigenvalue weighted by atomic mass is 16.5. The molecule has 2 aromatic carbocycles. The summed E-state index contributed by atoms with van der Waals surface area (Å²) >= 11 is 0. The van der Waals surface area contributed by atoms with Gasteiger partial charge in [0.15, 0.2) is 0 Å². The molecule has 0 spiro atoms. The maximum Gasteiger partial charge on any atom is 0.560 e. The largest absolute Gasteiger partial charge is 0.560 e. The molecule has 19 heavy (non-hydrogen) atoms. The van der Waals surface area contributed by atoms with E-state index in [1.165, 1.54) is 11.1 Å². The van der Waals surface area contributed by atoms with Gasteiger partial charge in [0.05, 0.1) is 0 Å². The van der Waals surface area contributed by atoms with E-state index in [1.807, 2.05) is 50.2 Å². The van der Waals surface area contributed by atoms with E-state index in [-0.39, 0.29) is 0 Å². The standard InChI is InChI=1S/C16H19BO2/c1-11-5-7-15(9-13(11)3)17(18)19-16-8-6-12(2)14(4)10-16/h5-10,18H,1-4H3. The zero-order valence-corrected chi connectivity index (χ0v) is 11.9. The van der Waals surface area contributed by atoms with Gasteiger partial charge in [-0.15, -0.1) is 0 Å². The molecule has 0 amide bonds. The first-order valence-corrected chi connectivity index (χ1v) is 6.46. The Morgan fingerprint density at radius 2 is 1.37 bits per heavy atom. The first-order valence-electron chi connectivity index (χ1n) is 6.46. The topological polar surface area (TPSA) is 29.5 Å². The molecule has 0 aliphatic rings. The molecule has 0 heterocycles. The number of benzene rings is 2. The average molecular weight is 254 g/mol. The van der Waals surface area contributed by atoms with Gasteiger partial charge in [0.2, 0.25) is 0 Å². The minimum Gasteiger partial charge on any atom is -0.532 e.